The van der Waals surface area contributed by atoms with Gasteiger partial charge in [-0.15, -0.1) is 0 Å². The maximum Gasteiger partial charge on any atom is 0.251 e. The Kier molecular flexibility index (Phi) is 5.03. The molecule has 1 aliphatic rings. The second-order valence-corrected chi connectivity index (χ2v) is 5.96. The number of hydrogen-bond donors (Lipinski definition) is 1. The van der Waals surface area contributed by atoms with Crippen LogP contribution in [-0.2, 0) is 19.4 Å². The smallest absolute Gasteiger partial charge is 0.251 e. The molecule has 0 fully saturated rings. The highest BCUT2D eigenvalue weighted by atomic mass is 16.1. The number of amides is 1. The van der Waals surface area contributed by atoms with Crippen LogP contribution in [0.3, 0.4) is 0 Å². The largest absolute Gasteiger partial charge is 0.348 e. The molecule has 0 radical (unpaired) electrons. The second kappa shape index (κ2) is 7.38. The highest BCUT2D eigenvalue weighted by molar-refractivity contribution is 5.94. The van der Waals surface area contributed by atoms with E-state index in [0.717, 1.165) is 43.6 Å². The monoisotopic (exact) mass is 309 g/mol. The lowest BCUT2D eigenvalue weighted by Crippen LogP contribution is -2.25. The summed E-state index contributed by atoms with van der Waals surface area (Å²) in [6, 6.07) is 9.96. The summed E-state index contributed by atoms with van der Waals surface area (Å²) >= 11 is 0. The summed E-state index contributed by atoms with van der Waals surface area (Å²) < 4.78 is 0. The fourth-order valence-corrected chi connectivity index (χ4v) is 3.01. The molecular formula is C19H23N3O. The van der Waals surface area contributed by atoms with Gasteiger partial charge in [0, 0.05) is 37.6 Å². The zero-order chi connectivity index (χ0) is 16.1. The maximum atomic E-state index is 12.4. The highest BCUT2D eigenvalue weighted by Gasteiger charge is 2.15. The van der Waals surface area contributed by atoms with Crippen LogP contribution in [0, 0.1) is 0 Å². The normalized spacial score (nSPS) is 14.8. The fraction of sp³-hybridized carbons (Fsp3) is 0.368. The number of nitrogens with one attached hydrogen (secondary N) is 1. The van der Waals surface area contributed by atoms with Crippen molar-refractivity contribution in [2.24, 2.45) is 0 Å². The van der Waals surface area contributed by atoms with E-state index in [0.29, 0.717) is 6.54 Å². The first-order chi connectivity index (χ1) is 11.3. The lowest BCUT2D eigenvalue weighted by atomic mass is 10.00. The van der Waals surface area contributed by atoms with Gasteiger partial charge in [0.15, 0.2) is 0 Å². The van der Waals surface area contributed by atoms with Crippen LogP contribution in [0.15, 0.2) is 42.7 Å². The number of hydrogen-bond acceptors (Lipinski definition) is 3. The van der Waals surface area contributed by atoms with Crippen LogP contribution >= 0.6 is 0 Å². The van der Waals surface area contributed by atoms with Crippen molar-refractivity contribution in [3.8, 4) is 0 Å². The molecule has 0 atom stereocenters. The Balaban J connectivity index is 1.67. The van der Waals surface area contributed by atoms with Gasteiger partial charge in [0.1, 0.15) is 0 Å². The van der Waals surface area contributed by atoms with Crippen molar-refractivity contribution < 1.29 is 4.79 Å². The van der Waals surface area contributed by atoms with Gasteiger partial charge < -0.3 is 10.2 Å². The zero-order valence-corrected chi connectivity index (χ0v) is 13.6. The van der Waals surface area contributed by atoms with E-state index in [1.165, 1.54) is 11.1 Å². The average Bonchev–Trinajstić information content (AvgIpc) is 2.82. The van der Waals surface area contributed by atoms with Gasteiger partial charge in [-0.05, 0) is 60.3 Å². The maximum absolute atomic E-state index is 12.4. The summed E-state index contributed by atoms with van der Waals surface area (Å²) in [4.78, 5) is 18.8. The Morgan fingerprint density at radius 1 is 1.13 bits per heavy atom. The SMILES string of the molecule is CCN1CCc2ccc(C(=O)NCc3ccncc3)cc2CC1. The third kappa shape index (κ3) is 3.96. The molecule has 4 heteroatoms. The number of nitrogens with zero attached hydrogens (tertiary/aromatic N) is 2. The molecular weight excluding hydrogens is 286 g/mol. The van der Waals surface area contributed by atoms with Crippen molar-refractivity contribution in [3.63, 3.8) is 0 Å². The molecule has 0 bridgehead atoms. The summed E-state index contributed by atoms with van der Waals surface area (Å²) in [7, 11) is 0. The number of aromatic nitrogens is 1. The number of pyridine rings is 1. The lowest BCUT2D eigenvalue weighted by molar-refractivity contribution is 0.0951. The van der Waals surface area contributed by atoms with E-state index in [-0.39, 0.29) is 5.91 Å². The first kappa shape index (κ1) is 15.7. The average molecular weight is 309 g/mol. The fourth-order valence-electron chi connectivity index (χ4n) is 3.01. The molecule has 1 aromatic carbocycles. The van der Waals surface area contributed by atoms with Crippen LogP contribution in [0.25, 0.3) is 0 Å². The summed E-state index contributed by atoms with van der Waals surface area (Å²) in [6.45, 7) is 6.01. The number of carbonyl (C=O) groups excluding carboxylic acids is 1. The Bertz CT molecular complexity index is 670. The number of benzene rings is 1. The Hall–Kier alpha value is -2.20. The first-order valence-corrected chi connectivity index (χ1v) is 8.27. The van der Waals surface area contributed by atoms with Crippen LogP contribution in [0.1, 0.15) is 34.0 Å². The molecule has 0 aliphatic carbocycles. The molecule has 2 aromatic rings. The Morgan fingerprint density at radius 3 is 2.61 bits per heavy atom. The van der Waals surface area contributed by atoms with Crippen molar-refractivity contribution in [2.45, 2.75) is 26.3 Å². The molecule has 0 saturated carbocycles. The molecule has 4 nitrogen and oxygen atoms in total. The molecule has 3 rings (SSSR count). The van der Waals surface area contributed by atoms with E-state index in [9.17, 15) is 4.79 Å². The zero-order valence-electron chi connectivity index (χ0n) is 13.6. The van der Waals surface area contributed by atoms with Crippen molar-refractivity contribution in [1.82, 2.24) is 15.2 Å². The van der Waals surface area contributed by atoms with Crippen LogP contribution in [0.2, 0.25) is 0 Å². The van der Waals surface area contributed by atoms with Gasteiger partial charge in [-0.1, -0.05) is 13.0 Å². The molecule has 23 heavy (non-hydrogen) atoms. The van der Waals surface area contributed by atoms with Gasteiger partial charge >= 0.3 is 0 Å². The molecule has 1 aromatic heterocycles. The predicted octanol–water partition coefficient (Wildman–Crippen LogP) is 2.43. The lowest BCUT2D eigenvalue weighted by Gasteiger charge is -2.16. The number of likely N-dealkylation sites (N-methyl/N-ethyl adjacent to an activating group) is 1. The van der Waals surface area contributed by atoms with E-state index in [4.69, 9.17) is 0 Å². The Labute approximate surface area is 137 Å². The van der Waals surface area contributed by atoms with Crippen molar-refractivity contribution in [3.05, 3.63) is 65.0 Å². The van der Waals surface area contributed by atoms with Gasteiger partial charge in [0.05, 0.1) is 0 Å². The number of rotatable bonds is 4. The van der Waals surface area contributed by atoms with Gasteiger partial charge in [0.25, 0.3) is 5.91 Å². The van der Waals surface area contributed by atoms with Gasteiger partial charge in [-0.25, -0.2) is 0 Å². The third-order valence-electron chi connectivity index (χ3n) is 4.51. The summed E-state index contributed by atoms with van der Waals surface area (Å²) in [5.74, 6) is -0.0128. The molecule has 120 valence electrons. The van der Waals surface area contributed by atoms with Crippen molar-refractivity contribution in [1.29, 1.82) is 0 Å². The minimum absolute atomic E-state index is 0.0128. The van der Waals surface area contributed by atoms with Crippen LogP contribution in [-0.4, -0.2) is 35.4 Å². The molecule has 1 aliphatic heterocycles. The van der Waals surface area contributed by atoms with Crippen molar-refractivity contribution >= 4 is 5.91 Å². The molecule has 0 saturated heterocycles. The van der Waals surface area contributed by atoms with Gasteiger partial charge in [-0.3, -0.25) is 9.78 Å². The van der Waals surface area contributed by atoms with E-state index in [1.54, 1.807) is 12.4 Å². The quantitative estimate of drug-likeness (QED) is 0.943. The number of fused-ring (bicyclic) bond motifs is 1. The van der Waals surface area contributed by atoms with E-state index < -0.39 is 0 Å². The second-order valence-electron chi connectivity index (χ2n) is 5.96. The molecule has 0 spiro atoms. The van der Waals surface area contributed by atoms with Crippen LogP contribution < -0.4 is 5.32 Å². The van der Waals surface area contributed by atoms with E-state index in [1.807, 2.05) is 18.2 Å². The summed E-state index contributed by atoms with van der Waals surface area (Å²) in [5, 5.41) is 2.98. The van der Waals surface area contributed by atoms with Crippen molar-refractivity contribution in [2.75, 3.05) is 19.6 Å². The number of carbonyl (C=O) groups is 1. The molecule has 1 amide bonds. The van der Waals surface area contributed by atoms with Crippen LogP contribution in [0.4, 0.5) is 0 Å². The molecule has 2 heterocycles. The summed E-state index contributed by atoms with van der Waals surface area (Å²) in [5.41, 5.74) is 4.51. The predicted molar refractivity (Wildman–Crippen MR) is 91.4 cm³/mol. The van der Waals surface area contributed by atoms with E-state index >= 15 is 0 Å². The van der Waals surface area contributed by atoms with Gasteiger partial charge in [-0.2, -0.15) is 0 Å². The van der Waals surface area contributed by atoms with E-state index in [2.05, 4.69) is 34.3 Å². The standard InChI is InChI=1S/C19H23N3O/c1-2-22-11-7-16-3-4-18(13-17(16)8-12-22)19(23)21-14-15-5-9-20-10-6-15/h3-6,9-10,13H,2,7-8,11-12,14H2,1H3,(H,21,23). The van der Waals surface area contributed by atoms with Gasteiger partial charge in [0.2, 0.25) is 0 Å². The topological polar surface area (TPSA) is 45.2 Å². The highest BCUT2D eigenvalue weighted by Crippen LogP contribution is 2.18. The minimum atomic E-state index is -0.0128. The third-order valence-corrected chi connectivity index (χ3v) is 4.51. The molecule has 1 N–H and O–H groups in total. The summed E-state index contributed by atoms with van der Waals surface area (Å²) in [6.07, 6.45) is 5.57. The Morgan fingerprint density at radius 2 is 1.87 bits per heavy atom. The minimum Gasteiger partial charge on any atom is -0.348 e. The first-order valence-electron chi connectivity index (χ1n) is 8.27. The molecule has 0 unspecified atom stereocenters. The van der Waals surface area contributed by atoms with Crippen LogP contribution in [0.5, 0.6) is 0 Å².